The smallest absolute Gasteiger partial charge is 0.193 e. The van der Waals surface area contributed by atoms with Crippen molar-refractivity contribution >= 4 is 19.9 Å². The van der Waals surface area contributed by atoms with Crippen LogP contribution in [0.1, 0.15) is 46.5 Å². The molecule has 0 aromatic carbocycles. The van der Waals surface area contributed by atoms with Crippen molar-refractivity contribution in [2.24, 2.45) is 11.3 Å². The molecule has 1 N–H and O–H groups in total. The maximum Gasteiger partial charge on any atom is 0.193 e. The molecule has 3 rings (SSSR count). The van der Waals surface area contributed by atoms with Gasteiger partial charge in [0.05, 0.1) is 11.5 Å². The summed E-state index contributed by atoms with van der Waals surface area (Å²) in [5, 5.41) is 10.8. The third-order valence-corrected chi connectivity index (χ3v) is 11.4. The summed E-state index contributed by atoms with van der Waals surface area (Å²) in [7, 11) is -2.25. The van der Waals surface area contributed by atoms with Crippen molar-refractivity contribution in [3.63, 3.8) is 0 Å². The number of Topliss-reactive ketones (excluding diaryl/α,β-unsaturated/α-hetero) is 2. The van der Waals surface area contributed by atoms with E-state index in [-0.39, 0.29) is 22.5 Å². The third kappa shape index (κ3) is 1.96. The van der Waals surface area contributed by atoms with Crippen LogP contribution in [0.3, 0.4) is 0 Å². The Morgan fingerprint density at radius 3 is 2.43 bits per heavy atom. The normalized spacial score (nSPS) is 40.7. The van der Waals surface area contributed by atoms with E-state index < -0.39 is 25.4 Å². The largest absolute Gasteiger partial charge is 0.401 e. The molecule has 3 fully saturated rings. The summed E-state index contributed by atoms with van der Waals surface area (Å²) in [4.78, 5) is 25.6. The lowest BCUT2D eigenvalue weighted by Gasteiger charge is -2.46. The first-order valence-corrected chi connectivity index (χ1v) is 11.4. The fourth-order valence-corrected chi connectivity index (χ4v) is 5.99. The van der Waals surface area contributed by atoms with Gasteiger partial charge in [-0.05, 0) is 36.0 Å². The lowest BCUT2D eigenvalue weighted by molar-refractivity contribution is -0.145. The number of hydrogen-bond donors (Lipinski definition) is 1. The molecule has 0 aromatic heterocycles. The van der Waals surface area contributed by atoms with Gasteiger partial charge in [-0.2, -0.15) is 0 Å². The van der Waals surface area contributed by atoms with Crippen molar-refractivity contribution in [2.75, 3.05) is 0 Å². The van der Waals surface area contributed by atoms with Crippen LogP contribution in [-0.4, -0.2) is 36.7 Å². The zero-order chi connectivity index (χ0) is 17.4. The SMILES string of the molecule is C=C1[C@@H](O)[C@]23C[C@@]1(O[Si](C)(C)C(C)(C)C)C(=O)C[C@H]2CCC3=O. The molecule has 5 heteroatoms. The Kier molecular flexibility index (Phi) is 3.44. The molecule has 0 amide bonds. The fraction of sp³-hybridized carbons (Fsp3) is 0.778. The highest BCUT2D eigenvalue weighted by Crippen LogP contribution is 2.64. The molecule has 3 aliphatic carbocycles. The first kappa shape index (κ1) is 17.1. The molecule has 0 aliphatic heterocycles. The monoisotopic (exact) mass is 336 g/mol. The number of aliphatic hydroxyl groups is 1. The van der Waals surface area contributed by atoms with Crippen LogP contribution >= 0.6 is 0 Å². The molecule has 23 heavy (non-hydrogen) atoms. The standard InChI is InChI=1S/C18H28O4Si/c1-11-15(21)17-10-18(11,22-23(5,6)16(2,3)4)14(20)9-12(17)7-8-13(17)19/h12,15,21H,1,7-10H2,2-6H3/t12-,15-,17-,18+/m1/s1. The average molecular weight is 337 g/mol. The zero-order valence-electron chi connectivity index (χ0n) is 14.9. The van der Waals surface area contributed by atoms with Crippen LogP contribution in [0.15, 0.2) is 12.2 Å². The molecule has 0 aromatic rings. The number of carbonyl (C=O) groups is 2. The molecular weight excluding hydrogens is 308 g/mol. The Morgan fingerprint density at radius 1 is 1.26 bits per heavy atom. The first-order valence-electron chi connectivity index (χ1n) is 8.52. The van der Waals surface area contributed by atoms with Crippen LogP contribution in [0.25, 0.3) is 0 Å². The van der Waals surface area contributed by atoms with Gasteiger partial charge in [-0.3, -0.25) is 9.59 Å². The highest BCUT2D eigenvalue weighted by molar-refractivity contribution is 6.74. The maximum atomic E-state index is 13.0. The van der Waals surface area contributed by atoms with Gasteiger partial charge in [-0.25, -0.2) is 0 Å². The second-order valence-electron chi connectivity index (χ2n) is 9.12. The van der Waals surface area contributed by atoms with Gasteiger partial charge >= 0.3 is 0 Å². The lowest BCUT2D eigenvalue weighted by Crippen LogP contribution is -2.56. The zero-order valence-corrected chi connectivity index (χ0v) is 15.9. The number of rotatable bonds is 2. The number of carbonyl (C=O) groups excluding carboxylic acids is 2. The average Bonchev–Trinajstić information content (AvgIpc) is 2.82. The first-order chi connectivity index (χ1) is 10.4. The Hall–Kier alpha value is -0.783. The summed E-state index contributed by atoms with van der Waals surface area (Å²) in [6.07, 6.45) is 0.841. The Bertz CT molecular complexity index is 603. The fourth-order valence-electron chi connectivity index (χ4n) is 4.49. The summed E-state index contributed by atoms with van der Waals surface area (Å²) < 4.78 is 6.55. The van der Waals surface area contributed by atoms with Crippen molar-refractivity contribution in [1.29, 1.82) is 0 Å². The highest BCUT2D eigenvalue weighted by atomic mass is 28.4. The summed E-state index contributed by atoms with van der Waals surface area (Å²) >= 11 is 0. The van der Waals surface area contributed by atoms with E-state index in [4.69, 9.17) is 4.43 Å². The van der Waals surface area contributed by atoms with E-state index >= 15 is 0 Å². The molecule has 0 saturated heterocycles. The van der Waals surface area contributed by atoms with Gasteiger partial charge < -0.3 is 9.53 Å². The topological polar surface area (TPSA) is 63.6 Å². The van der Waals surface area contributed by atoms with Crippen molar-refractivity contribution in [2.45, 2.75) is 76.3 Å². The van der Waals surface area contributed by atoms with E-state index in [1.165, 1.54) is 0 Å². The quantitative estimate of drug-likeness (QED) is 0.622. The van der Waals surface area contributed by atoms with E-state index in [0.29, 0.717) is 31.3 Å². The second kappa shape index (κ2) is 4.64. The Labute approximate surface area is 139 Å². The molecule has 1 spiro atoms. The molecule has 4 nitrogen and oxygen atoms in total. The van der Waals surface area contributed by atoms with Gasteiger partial charge in [0.15, 0.2) is 14.1 Å². The van der Waals surface area contributed by atoms with Crippen molar-refractivity contribution in [1.82, 2.24) is 0 Å². The third-order valence-electron chi connectivity index (χ3n) is 6.96. The van der Waals surface area contributed by atoms with E-state index in [0.717, 1.165) is 0 Å². The van der Waals surface area contributed by atoms with Gasteiger partial charge in [-0.15, -0.1) is 0 Å². The molecule has 4 atom stereocenters. The lowest BCUT2D eigenvalue weighted by atomic mass is 9.67. The van der Waals surface area contributed by atoms with E-state index in [1.54, 1.807) is 0 Å². The van der Waals surface area contributed by atoms with Crippen molar-refractivity contribution < 1.29 is 19.1 Å². The van der Waals surface area contributed by atoms with Crippen LogP contribution in [-0.2, 0) is 14.0 Å². The van der Waals surface area contributed by atoms with Crippen molar-refractivity contribution in [3.8, 4) is 0 Å². The van der Waals surface area contributed by atoms with Gasteiger partial charge in [-0.1, -0.05) is 27.4 Å². The molecule has 0 radical (unpaired) electrons. The van der Waals surface area contributed by atoms with Crippen LogP contribution in [0.2, 0.25) is 18.1 Å². The molecule has 3 aliphatic rings. The van der Waals surface area contributed by atoms with Gasteiger partial charge in [0.2, 0.25) is 0 Å². The Morgan fingerprint density at radius 2 is 1.87 bits per heavy atom. The van der Waals surface area contributed by atoms with E-state index in [2.05, 4.69) is 40.4 Å². The molecule has 2 bridgehead atoms. The predicted molar refractivity (Wildman–Crippen MR) is 90.6 cm³/mol. The predicted octanol–water partition coefficient (Wildman–Crippen LogP) is 3.01. The van der Waals surface area contributed by atoms with E-state index in [1.807, 2.05) is 0 Å². The summed E-state index contributed by atoms with van der Waals surface area (Å²) in [6.45, 7) is 14.6. The van der Waals surface area contributed by atoms with Crippen LogP contribution in [0, 0.1) is 11.3 Å². The van der Waals surface area contributed by atoms with E-state index in [9.17, 15) is 14.7 Å². The number of fused-ring (bicyclic) bond motifs is 1. The number of aliphatic hydroxyl groups excluding tert-OH is 1. The van der Waals surface area contributed by atoms with Gasteiger partial charge in [0.25, 0.3) is 0 Å². The van der Waals surface area contributed by atoms with Gasteiger partial charge in [0, 0.05) is 19.3 Å². The second-order valence-corrected chi connectivity index (χ2v) is 13.8. The molecular formula is C18H28O4Si. The summed E-state index contributed by atoms with van der Waals surface area (Å²) in [6, 6.07) is 0. The molecule has 0 unspecified atom stereocenters. The van der Waals surface area contributed by atoms with Crippen LogP contribution < -0.4 is 0 Å². The maximum absolute atomic E-state index is 13.0. The minimum Gasteiger partial charge on any atom is -0.401 e. The number of hydrogen-bond acceptors (Lipinski definition) is 4. The van der Waals surface area contributed by atoms with Gasteiger partial charge in [0.1, 0.15) is 11.4 Å². The van der Waals surface area contributed by atoms with Crippen LogP contribution in [0.5, 0.6) is 0 Å². The highest BCUT2D eigenvalue weighted by Gasteiger charge is 2.72. The minimum absolute atomic E-state index is 0.0131. The van der Waals surface area contributed by atoms with Crippen LogP contribution in [0.4, 0.5) is 0 Å². The summed E-state index contributed by atoms with van der Waals surface area (Å²) in [5.41, 5.74) is -1.56. The summed E-state index contributed by atoms with van der Waals surface area (Å²) in [5.74, 6) is 0.0523. The minimum atomic E-state index is -2.25. The molecule has 0 heterocycles. The Balaban J connectivity index is 2.07. The molecule has 3 saturated carbocycles. The molecule has 128 valence electrons. The number of ketones is 2. The van der Waals surface area contributed by atoms with Crippen molar-refractivity contribution in [3.05, 3.63) is 12.2 Å².